The van der Waals surface area contributed by atoms with E-state index in [1.165, 1.54) is 13.2 Å². The lowest BCUT2D eigenvalue weighted by molar-refractivity contribution is -0.155. The van der Waals surface area contributed by atoms with Crippen LogP contribution in [0.5, 0.6) is 28.7 Å². The maximum atomic E-state index is 15.4. The Morgan fingerprint density at radius 1 is 0.866 bits per heavy atom. The molecule has 4 aromatic carbocycles. The van der Waals surface area contributed by atoms with Gasteiger partial charge >= 0.3 is 5.97 Å². The van der Waals surface area contributed by atoms with Gasteiger partial charge in [-0.1, -0.05) is 54.3 Å². The molecule has 4 heterocycles. The first-order valence-electron chi connectivity index (χ1n) is 29.2. The maximum Gasteiger partial charge on any atom is 0.318 e. The van der Waals surface area contributed by atoms with E-state index in [2.05, 4.69) is 50.7 Å². The van der Waals surface area contributed by atoms with Crippen LogP contribution < -0.4 is 9.47 Å². The Kier molecular flexibility index (Phi) is 15.5. The van der Waals surface area contributed by atoms with Crippen molar-refractivity contribution in [3.05, 3.63) is 131 Å². The van der Waals surface area contributed by atoms with E-state index in [1.807, 2.05) is 48.7 Å². The van der Waals surface area contributed by atoms with E-state index in [1.54, 1.807) is 24.3 Å². The summed E-state index contributed by atoms with van der Waals surface area (Å²) < 4.78 is 20.0. The first-order valence-corrected chi connectivity index (χ1v) is 29.2. The number of nitrogens with zero attached hydrogens (tertiary/aromatic N) is 1. The zero-order valence-electron chi connectivity index (χ0n) is 46.2. The van der Waals surface area contributed by atoms with Crippen LogP contribution in [0.4, 0.5) is 0 Å². The van der Waals surface area contributed by atoms with Crippen LogP contribution in [0, 0.1) is 46.8 Å². The van der Waals surface area contributed by atoms with Gasteiger partial charge < -0.3 is 64.5 Å². The van der Waals surface area contributed by atoms with Gasteiger partial charge in [-0.15, -0.1) is 0 Å². The molecule has 0 unspecified atom stereocenters. The second-order valence-corrected chi connectivity index (χ2v) is 23.9. The Bertz CT molecular complexity index is 3620. The number of para-hydroxylation sites is 1. The predicted octanol–water partition coefficient (Wildman–Crippen LogP) is 10.2. The second-order valence-electron chi connectivity index (χ2n) is 23.9. The molecule has 0 radical (unpaired) electrons. The molecule has 1 aliphatic heterocycles. The number of phenols is 3. The molecular weight excluding hydrogens is 1040 g/mol. The summed E-state index contributed by atoms with van der Waals surface area (Å²) in [6, 6.07) is 28.0. The Labute approximate surface area is 476 Å². The number of fused-ring (bicyclic) bond motifs is 10. The fourth-order valence-corrected chi connectivity index (χ4v) is 15.9. The highest BCUT2D eigenvalue weighted by atomic mass is 16.6. The molecule has 4 aliphatic carbocycles. The van der Waals surface area contributed by atoms with Gasteiger partial charge in [0, 0.05) is 66.6 Å². The van der Waals surface area contributed by atoms with Crippen molar-refractivity contribution in [2.24, 2.45) is 35.0 Å². The molecule has 3 fully saturated rings. The number of benzene rings is 4. The third-order valence-electron chi connectivity index (χ3n) is 19.2. The number of phenolic OH excluding ortho intramolecular Hbond substituents is 3. The monoisotopic (exact) mass is 1110 g/mol. The molecule has 9 N–H and O–H groups in total. The fraction of sp³-hybridized carbons (Fsp3) is 0.433. The van der Waals surface area contributed by atoms with Gasteiger partial charge in [-0.2, -0.15) is 0 Å². The fourth-order valence-electron chi connectivity index (χ4n) is 15.9. The van der Waals surface area contributed by atoms with Crippen LogP contribution in [0.1, 0.15) is 117 Å². The standard InChI is InChI=1S/C67H73N3O12/c1-80-61-34-49-48(33-60(61)78)51-29-41-37-67(21-19-40(36-67)55(13-7-23-71)70-56-20-22-68-54(56)35-57(70)39-8-6-9-42(73)28-39)52-31-43(74)16-17-47(52)65(41)50(49)30-44(75)32-63(59(77)26-38-15-18-58(76)62(27-38)81-25-24-72)82-64(79)14-5-3-11-46-45-10-2-4-12-53(45)69-66(46)51/h2,4,6,8-10,12,15,18,20,22,27-29,33-35,40-41,43,47,50,52,55,59,63,65,68-69,71-74,76-78H,7,11,13-14,16-17,19,21,23-26,30-32,36-37H2,1H3/t40-,41-,43-,47+,50+,52+,55-,59+,63-,65+,67+/m0/s1. The van der Waals surface area contributed by atoms with E-state index in [-0.39, 0.29) is 128 Å². The van der Waals surface area contributed by atoms with Crippen molar-refractivity contribution in [2.45, 2.75) is 120 Å². The van der Waals surface area contributed by atoms with Crippen LogP contribution >= 0.6 is 0 Å². The summed E-state index contributed by atoms with van der Waals surface area (Å²) in [4.78, 5) is 36.5. The highest BCUT2D eigenvalue weighted by Gasteiger charge is 2.59. The topological polar surface area (TPSA) is 240 Å². The average molecular weight is 1110 g/mol. The molecule has 15 nitrogen and oxygen atoms in total. The number of ether oxygens (including phenoxy) is 3. The number of ketones is 1. The van der Waals surface area contributed by atoms with Crippen molar-refractivity contribution >= 4 is 39.3 Å². The lowest BCUT2D eigenvalue weighted by Gasteiger charge is -2.57. The van der Waals surface area contributed by atoms with Gasteiger partial charge in [0.15, 0.2) is 23.0 Å². The number of esters is 1. The number of carbonyl (C=O) groups is 2. The molecule has 1 spiro atoms. The maximum absolute atomic E-state index is 15.4. The van der Waals surface area contributed by atoms with E-state index in [4.69, 9.17) is 14.2 Å². The molecule has 0 amide bonds. The number of H-pyrrole nitrogens is 2. The van der Waals surface area contributed by atoms with Crippen LogP contribution in [0.3, 0.4) is 0 Å². The summed E-state index contributed by atoms with van der Waals surface area (Å²) in [7, 11) is 1.52. The molecule has 11 atom stereocenters. The minimum Gasteiger partial charge on any atom is -0.508 e. The van der Waals surface area contributed by atoms with Gasteiger partial charge in [0.05, 0.1) is 48.3 Å². The minimum atomic E-state index is -1.35. The van der Waals surface area contributed by atoms with Crippen molar-refractivity contribution in [1.82, 2.24) is 14.5 Å². The molecule has 428 valence electrons. The normalized spacial score (nSPS) is 26.2. The summed E-state index contributed by atoms with van der Waals surface area (Å²) in [5, 5.41) is 78.0. The molecule has 2 bridgehead atoms. The molecule has 0 saturated heterocycles. The zero-order chi connectivity index (χ0) is 56.8. The van der Waals surface area contributed by atoms with Crippen molar-refractivity contribution in [3.8, 4) is 51.8 Å². The summed E-state index contributed by atoms with van der Waals surface area (Å²) in [5.41, 5.74) is 9.44. The predicted molar refractivity (Wildman–Crippen MR) is 310 cm³/mol. The number of Topliss-reactive ketones (excluding diaryl/α,β-unsaturated/α-hetero) is 1. The lowest BCUT2D eigenvalue weighted by atomic mass is 9.47. The quantitative estimate of drug-likeness (QED) is 0.0387. The largest absolute Gasteiger partial charge is 0.508 e. The molecule has 82 heavy (non-hydrogen) atoms. The number of rotatable bonds is 13. The number of cyclic esters (lactones) is 1. The Morgan fingerprint density at radius 3 is 2.55 bits per heavy atom. The van der Waals surface area contributed by atoms with Gasteiger partial charge in [-0.05, 0) is 176 Å². The summed E-state index contributed by atoms with van der Waals surface area (Å²) in [5.74, 6) is 5.42. The van der Waals surface area contributed by atoms with E-state index >= 15 is 4.79 Å². The number of hydrogen-bond acceptors (Lipinski definition) is 12. The van der Waals surface area contributed by atoms with Crippen molar-refractivity contribution < 1.29 is 59.5 Å². The average Bonchev–Trinajstić information content (AvgIpc) is 2.37. The van der Waals surface area contributed by atoms with Crippen molar-refractivity contribution in [1.29, 1.82) is 0 Å². The smallest absolute Gasteiger partial charge is 0.318 e. The first-order chi connectivity index (χ1) is 39.8. The number of hydrogen-bond donors (Lipinski definition) is 9. The summed E-state index contributed by atoms with van der Waals surface area (Å²) >= 11 is 0. The number of aromatic hydroxyl groups is 3. The number of aliphatic hydroxyl groups excluding tert-OH is 4. The lowest BCUT2D eigenvalue weighted by Crippen LogP contribution is -2.51. The van der Waals surface area contributed by atoms with Gasteiger partial charge in [0.2, 0.25) is 0 Å². The van der Waals surface area contributed by atoms with Gasteiger partial charge in [0.25, 0.3) is 0 Å². The third kappa shape index (κ3) is 10.4. The van der Waals surface area contributed by atoms with Crippen LogP contribution in [0.2, 0.25) is 0 Å². The van der Waals surface area contributed by atoms with Crippen molar-refractivity contribution in [3.63, 3.8) is 0 Å². The molecule has 7 aromatic rings. The van der Waals surface area contributed by atoms with E-state index < -0.39 is 30.2 Å². The first kappa shape index (κ1) is 55.1. The molecule has 5 aliphatic rings. The van der Waals surface area contributed by atoms with Crippen LogP contribution in [-0.2, 0) is 27.2 Å². The summed E-state index contributed by atoms with van der Waals surface area (Å²) in [6.45, 7) is -0.284. The summed E-state index contributed by atoms with van der Waals surface area (Å²) in [6.07, 6.45) is 7.71. The van der Waals surface area contributed by atoms with E-state index in [9.17, 15) is 40.5 Å². The number of nitrogens with one attached hydrogen (secondary N) is 2. The number of allylic oxidation sites excluding steroid dienone is 1. The number of aliphatic hydroxyl groups is 4. The van der Waals surface area contributed by atoms with E-state index in [0.29, 0.717) is 24.8 Å². The molecule has 15 heteroatoms. The van der Waals surface area contributed by atoms with Gasteiger partial charge in [0.1, 0.15) is 30.7 Å². The SMILES string of the molecule is COc1cc2c(cc1O)C1=C[C@H]3C[C@]4(CC[C@H]([C@H](CCCO)n5c(-c6cccc(O)c6)cc6[nH]ccc65)C4)[C@@H]4C[C@@H](O)CC[C@H]4[C@@H]3[C@@H]2CC(=O)C[C@@H]([C@H](O)Cc2ccc(O)c(OCCO)c2)OC(=O)CC#CCc2c1[nH]c1ccccc21. The van der Waals surface area contributed by atoms with Gasteiger partial charge in [-0.3, -0.25) is 9.59 Å². The Hall–Kier alpha value is -7.48. The van der Waals surface area contributed by atoms with E-state index in [0.717, 1.165) is 99.7 Å². The number of aromatic nitrogens is 3. The number of methoxy groups -OCH3 is 1. The minimum absolute atomic E-state index is 0.00194. The Morgan fingerprint density at radius 2 is 1.72 bits per heavy atom. The van der Waals surface area contributed by atoms with Gasteiger partial charge in [-0.25, -0.2) is 0 Å². The molecular formula is C67H73N3O12. The number of carbonyl (C=O) groups excluding carboxylic acids is 2. The molecule has 12 rings (SSSR count). The molecule has 3 saturated carbocycles. The number of aromatic amines is 2. The van der Waals surface area contributed by atoms with Crippen LogP contribution in [0.25, 0.3) is 38.8 Å². The third-order valence-corrected chi connectivity index (χ3v) is 19.2. The zero-order valence-corrected chi connectivity index (χ0v) is 46.2. The Balaban J connectivity index is 0.993. The highest BCUT2D eigenvalue weighted by Crippen LogP contribution is 2.68. The van der Waals surface area contributed by atoms with Crippen molar-refractivity contribution in [2.75, 3.05) is 26.9 Å². The highest BCUT2D eigenvalue weighted by molar-refractivity contribution is 5.94. The van der Waals surface area contributed by atoms with Crippen LogP contribution in [-0.4, -0.2) is 107 Å². The second kappa shape index (κ2) is 23.0. The van der Waals surface area contributed by atoms with Crippen LogP contribution in [0.15, 0.2) is 103 Å². The molecule has 3 aromatic heterocycles.